The Morgan fingerprint density at radius 2 is 1.75 bits per heavy atom. The highest BCUT2D eigenvalue weighted by atomic mass is 127. The molecule has 0 spiro atoms. The molecule has 2 aliphatic rings. The number of rotatable bonds is 2. The highest BCUT2D eigenvalue weighted by Gasteiger charge is 2.32. The first-order valence-corrected chi connectivity index (χ1v) is 9.65. The summed E-state index contributed by atoms with van der Waals surface area (Å²) in [6.45, 7) is 3.84. The van der Waals surface area contributed by atoms with E-state index in [2.05, 4.69) is 51.8 Å². The van der Waals surface area contributed by atoms with Gasteiger partial charge in [0.05, 0.1) is 5.56 Å². The van der Waals surface area contributed by atoms with E-state index in [-0.39, 0.29) is 5.91 Å². The van der Waals surface area contributed by atoms with Crippen LogP contribution >= 0.6 is 22.6 Å². The molecule has 0 saturated carbocycles. The maximum atomic E-state index is 12.8. The van der Waals surface area contributed by atoms with E-state index in [0.29, 0.717) is 6.04 Å². The van der Waals surface area contributed by atoms with E-state index in [1.165, 1.54) is 11.1 Å². The Labute approximate surface area is 156 Å². The maximum absolute atomic E-state index is 12.8. The van der Waals surface area contributed by atoms with Crippen LogP contribution in [-0.2, 0) is 13.0 Å². The zero-order valence-electron chi connectivity index (χ0n) is 13.6. The summed E-state index contributed by atoms with van der Waals surface area (Å²) in [7, 11) is 0. The second-order valence-electron chi connectivity index (χ2n) is 6.66. The van der Waals surface area contributed by atoms with Crippen molar-refractivity contribution in [1.82, 2.24) is 9.80 Å². The first-order valence-electron chi connectivity index (χ1n) is 8.57. The van der Waals surface area contributed by atoms with Gasteiger partial charge in [0.1, 0.15) is 0 Å². The molecule has 1 fully saturated rings. The summed E-state index contributed by atoms with van der Waals surface area (Å²) < 4.78 is 1.04. The van der Waals surface area contributed by atoms with Crippen LogP contribution in [0, 0.1) is 3.57 Å². The molecular weight excluding hydrogens is 411 g/mol. The number of halogens is 1. The number of likely N-dealkylation sites (tertiary alicyclic amines) is 1. The van der Waals surface area contributed by atoms with Gasteiger partial charge >= 0.3 is 0 Å². The normalized spacial score (nSPS) is 20.9. The molecule has 3 nitrogen and oxygen atoms in total. The van der Waals surface area contributed by atoms with Crippen LogP contribution in [0.5, 0.6) is 0 Å². The molecule has 0 N–H and O–H groups in total. The summed E-state index contributed by atoms with van der Waals surface area (Å²) in [5.41, 5.74) is 3.77. The number of hydrogen-bond acceptors (Lipinski definition) is 2. The Hall–Kier alpha value is -1.40. The molecule has 2 aromatic rings. The van der Waals surface area contributed by atoms with E-state index < -0.39 is 0 Å². The molecule has 0 radical (unpaired) electrons. The van der Waals surface area contributed by atoms with Crippen molar-refractivity contribution in [2.24, 2.45) is 0 Å². The van der Waals surface area contributed by atoms with Crippen molar-refractivity contribution in [2.75, 3.05) is 19.6 Å². The minimum Gasteiger partial charge on any atom is -0.337 e. The topological polar surface area (TPSA) is 23.6 Å². The third-order valence-corrected chi connectivity index (χ3v) is 6.17. The molecule has 0 aliphatic carbocycles. The largest absolute Gasteiger partial charge is 0.337 e. The van der Waals surface area contributed by atoms with Crippen LogP contribution < -0.4 is 0 Å². The predicted octanol–water partition coefficient (Wildman–Crippen LogP) is 3.56. The fraction of sp³-hybridized carbons (Fsp3) is 0.350. The molecule has 1 atom stereocenters. The van der Waals surface area contributed by atoms with Crippen LogP contribution in [0.2, 0.25) is 0 Å². The Bertz CT molecular complexity index is 761. The fourth-order valence-corrected chi connectivity index (χ4v) is 4.48. The fourth-order valence-electron chi connectivity index (χ4n) is 3.86. The van der Waals surface area contributed by atoms with Crippen molar-refractivity contribution < 1.29 is 4.79 Å². The predicted molar refractivity (Wildman–Crippen MR) is 104 cm³/mol. The molecule has 4 rings (SSSR count). The average molecular weight is 432 g/mol. The van der Waals surface area contributed by atoms with E-state index in [9.17, 15) is 4.79 Å². The Morgan fingerprint density at radius 3 is 2.58 bits per heavy atom. The quantitative estimate of drug-likeness (QED) is 0.678. The smallest absolute Gasteiger partial charge is 0.254 e. The number of carbonyl (C=O) groups is 1. The van der Waals surface area contributed by atoms with Gasteiger partial charge in [0.2, 0.25) is 0 Å². The van der Waals surface area contributed by atoms with Gasteiger partial charge in [-0.15, -0.1) is 0 Å². The molecule has 0 bridgehead atoms. The monoisotopic (exact) mass is 432 g/mol. The van der Waals surface area contributed by atoms with Gasteiger partial charge in [-0.25, -0.2) is 0 Å². The Balaban J connectivity index is 1.44. The minimum absolute atomic E-state index is 0.180. The number of fused-ring (bicyclic) bond motifs is 1. The van der Waals surface area contributed by atoms with E-state index >= 15 is 0 Å². The van der Waals surface area contributed by atoms with Gasteiger partial charge in [0.15, 0.2) is 0 Å². The molecule has 0 aromatic heterocycles. The van der Waals surface area contributed by atoms with E-state index in [4.69, 9.17) is 0 Å². The number of hydrogen-bond donors (Lipinski definition) is 0. The van der Waals surface area contributed by atoms with E-state index in [1.54, 1.807) is 0 Å². The minimum atomic E-state index is 0.180. The number of carbonyl (C=O) groups excluding carboxylic acids is 1. The molecule has 2 aromatic carbocycles. The number of nitrogens with zero attached hydrogens (tertiary/aromatic N) is 2. The number of amides is 1. The van der Waals surface area contributed by atoms with Crippen molar-refractivity contribution in [1.29, 1.82) is 0 Å². The molecule has 2 heterocycles. The van der Waals surface area contributed by atoms with Gasteiger partial charge in [0.25, 0.3) is 5.91 Å². The van der Waals surface area contributed by atoms with Crippen molar-refractivity contribution >= 4 is 28.5 Å². The highest BCUT2D eigenvalue weighted by molar-refractivity contribution is 14.1. The van der Waals surface area contributed by atoms with Crippen molar-refractivity contribution in [2.45, 2.75) is 25.4 Å². The first-order chi connectivity index (χ1) is 11.7. The summed E-state index contributed by atoms with van der Waals surface area (Å²) in [5, 5.41) is 0. The summed E-state index contributed by atoms with van der Waals surface area (Å²) in [5.74, 6) is 0.180. The third kappa shape index (κ3) is 3.09. The molecular formula is C20H21IN2O. The second-order valence-corrected chi connectivity index (χ2v) is 7.82. The summed E-state index contributed by atoms with van der Waals surface area (Å²) in [4.78, 5) is 17.4. The van der Waals surface area contributed by atoms with Crippen LogP contribution in [0.1, 0.15) is 27.9 Å². The van der Waals surface area contributed by atoms with Crippen molar-refractivity contribution in [3.05, 3.63) is 68.8 Å². The van der Waals surface area contributed by atoms with E-state index in [0.717, 1.165) is 48.2 Å². The van der Waals surface area contributed by atoms with Crippen LogP contribution in [0.25, 0.3) is 0 Å². The molecule has 124 valence electrons. The SMILES string of the molecule is O=C(c1ccccc1I)N1CC[C@H](N2CCc3ccccc3C2)C1. The summed E-state index contributed by atoms with van der Waals surface area (Å²) >= 11 is 2.25. The standard InChI is InChI=1S/C20H21IN2O/c21-19-8-4-3-7-18(19)20(24)23-12-10-17(14-23)22-11-9-15-5-1-2-6-16(15)13-22/h1-8,17H,9-14H2/t17-/m0/s1. The van der Waals surface area contributed by atoms with Crippen LogP contribution in [0.15, 0.2) is 48.5 Å². The highest BCUT2D eigenvalue weighted by Crippen LogP contribution is 2.25. The lowest BCUT2D eigenvalue weighted by atomic mass is 9.98. The maximum Gasteiger partial charge on any atom is 0.254 e. The zero-order valence-corrected chi connectivity index (χ0v) is 15.8. The van der Waals surface area contributed by atoms with Gasteiger partial charge in [-0.1, -0.05) is 36.4 Å². The number of benzene rings is 2. The zero-order chi connectivity index (χ0) is 16.5. The second kappa shape index (κ2) is 6.84. The van der Waals surface area contributed by atoms with Crippen molar-refractivity contribution in [3.63, 3.8) is 0 Å². The first kappa shape index (κ1) is 16.1. The molecule has 24 heavy (non-hydrogen) atoms. The average Bonchev–Trinajstić information content (AvgIpc) is 3.11. The van der Waals surface area contributed by atoms with Gasteiger partial charge < -0.3 is 4.90 Å². The molecule has 0 unspecified atom stereocenters. The van der Waals surface area contributed by atoms with Gasteiger partial charge in [-0.3, -0.25) is 9.69 Å². The van der Waals surface area contributed by atoms with Crippen LogP contribution in [-0.4, -0.2) is 41.4 Å². The Kier molecular flexibility index (Phi) is 4.59. The lowest BCUT2D eigenvalue weighted by Gasteiger charge is -2.33. The Morgan fingerprint density at radius 1 is 1.00 bits per heavy atom. The van der Waals surface area contributed by atoms with Crippen molar-refractivity contribution in [3.8, 4) is 0 Å². The molecule has 1 saturated heterocycles. The van der Waals surface area contributed by atoms with Crippen LogP contribution in [0.3, 0.4) is 0 Å². The third-order valence-electron chi connectivity index (χ3n) is 5.23. The van der Waals surface area contributed by atoms with E-state index in [1.807, 2.05) is 29.2 Å². The molecule has 1 amide bonds. The summed E-state index contributed by atoms with van der Waals surface area (Å²) in [6, 6.07) is 17.1. The molecule has 2 aliphatic heterocycles. The van der Waals surface area contributed by atoms with Gasteiger partial charge in [-0.05, 0) is 58.7 Å². The lowest BCUT2D eigenvalue weighted by molar-refractivity contribution is 0.0772. The summed E-state index contributed by atoms with van der Waals surface area (Å²) in [6.07, 6.45) is 2.20. The van der Waals surface area contributed by atoms with Gasteiger partial charge in [0, 0.05) is 35.8 Å². The molecule has 4 heteroatoms. The van der Waals surface area contributed by atoms with Crippen LogP contribution in [0.4, 0.5) is 0 Å². The lowest BCUT2D eigenvalue weighted by Crippen LogP contribution is -2.41. The van der Waals surface area contributed by atoms with Gasteiger partial charge in [-0.2, -0.15) is 0 Å².